The molecule has 10 heteroatoms. The van der Waals surface area contributed by atoms with Crippen LogP contribution in [0, 0.1) is 0 Å². The van der Waals surface area contributed by atoms with Gasteiger partial charge in [0.1, 0.15) is 17.2 Å². The molecule has 0 spiro atoms. The highest BCUT2D eigenvalue weighted by atomic mass is 16.6. The minimum absolute atomic E-state index is 0.0133. The van der Waals surface area contributed by atoms with Crippen molar-refractivity contribution in [2.24, 2.45) is 0 Å². The quantitative estimate of drug-likeness (QED) is 0.381. The van der Waals surface area contributed by atoms with E-state index in [1.165, 1.54) is 0 Å². The van der Waals surface area contributed by atoms with Gasteiger partial charge in [-0.25, -0.2) is 0 Å². The van der Waals surface area contributed by atoms with Gasteiger partial charge in [-0.1, -0.05) is 6.08 Å². The fourth-order valence-corrected chi connectivity index (χ4v) is 2.97. The van der Waals surface area contributed by atoms with Crippen LogP contribution in [0.4, 0.5) is 0 Å². The Morgan fingerprint density at radius 1 is 0.941 bits per heavy atom. The van der Waals surface area contributed by atoms with E-state index < -0.39 is 47.0 Å². The second-order valence-electron chi connectivity index (χ2n) is 10.4. The molecule has 192 valence electrons. The third-order valence-corrected chi connectivity index (χ3v) is 4.50. The zero-order valence-corrected chi connectivity index (χ0v) is 21.3. The molecule has 3 amide bonds. The predicted molar refractivity (Wildman–Crippen MR) is 125 cm³/mol. The molecule has 0 fully saturated rings. The molecule has 0 aliphatic heterocycles. The first kappa shape index (κ1) is 29.1. The molecule has 3 N–H and O–H groups in total. The number of allylic oxidation sites excluding steroid dienone is 1. The zero-order chi connectivity index (χ0) is 26.1. The molecule has 0 saturated carbocycles. The van der Waals surface area contributed by atoms with Gasteiger partial charge < -0.3 is 25.4 Å². The first-order valence-electron chi connectivity index (χ1n) is 11.6. The van der Waals surface area contributed by atoms with Crippen molar-refractivity contribution < 1.29 is 33.4 Å². The molecule has 2 atom stereocenters. The molecule has 2 unspecified atom stereocenters. The molecule has 1 aliphatic carbocycles. The highest BCUT2D eigenvalue weighted by molar-refractivity contribution is 5.98. The Morgan fingerprint density at radius 3 is 2.00 bits per heavy atom. The molecule has 0 aromatic heterocycles. The highest BCUT2D eigenvalue weighted by Gasteiger charge is 2.26. The van der Waals surface area contributed by atoms with Gasteiger partial charge in [-0.15, -0.1) is 0 Å². The molecule has 0 heterocycles. The summed E-state index contributed by atoms with van der Waals surface area (Å²) in [5.74, 6) is -2.39. The first-order chi connectivity index (χ1) is 15.6. The van der Waals surface area contributed by atoms with Crippen LogP contribution in [-0.4, -0.2) is 59.5 Å². The lowest BCUT2D eigenvalue weighted by atomic mass is 9.97. The maximum absolute atomic E-state index is 12.7. The van der Waals surface area contributed by atoms with Crippen molar-refractivity contribution >= 4 is 29.7 Å². The Bertz CT molecular complexity index is 806. The average Bonchev–Trinajstić information content (AvgIpc) is 2.58. The summed E-state index contributed by atoms with van der Waals surface area (Å²) in [5, 5.41) is 7.73. The molecular weight excluding hydrogens is 442 g/mol. The van der Waals surface area contributed by atoms with Crippen LogP contribution in [0.5, 0.6) is 0 Å². The lowest BCUT2D eigenvalue weighted by Gasteiger charge is -2.23. The van der Waals surface area contributed by atoms with Gasteiger partial charge in [-0.3, -0.25) is 24.0 Å². The molecule has 0 aromatic rings. The van der Waals surface area contributed by atoms with Crippen LogP contribution in [0.2, 0.25) is 0 Å². The minimum Gasteiger partial charge on any atom is -0.460 e. The summed E-state index contributed by atoms with van der Waals surface area (Å²) in [4.78, 5) is 61.1. The molecule has 34 heavy (non-hydrogen) atoms. The van der Waals surface area contributed by atoms with Gasteiger partial charge in [0.25, 0.3) is 0 Å². The third-order valence-electron chi connectivity index (χ3n) is 4.50. The number of hydrogen-bond acceptors (Lipinski definition) is 7. The van der Waals surface area contributed by atoms with Crippen LogP contribution in [-0.2, 0) is 33.4 Å². The molecular formula is C24H39N3O7. The summed E-state index contributed by atoms with van der Waals surface area (Å²) in [5.41, 5.74) is -0.699. The van der Waals surface area contributed by atoms with E-state index in [4.69, 9.17) is 9.47 Å². The van der Waals surface area contributed by atoms with Crippen LogP contribution < -0.4 is 16.0 Å². The lowest BCUT2D eigenvalue weighted by Crippen LogP contribution is -2.50. The molecule has 0 radical (unpaired) electrons. The van der Waals surface area contributed by atoms with E-state index in [1.807, 2.05) is 0 Å². The van der Waals surface area contributed by atoms with Crippen molar-refractivity contribution in [1.29, 1.82) is 0 Å². The third kappa shape index (κ3) is 12.4. The molecule has 1 rings (SSSR count). The van der Waals surface area contributed by atoms with Gasteiger partial charge >= 0.3 is 11.9 Å². The summed E-state index contributed by atoms with van der Waals surface area (Å²) in [6, 6.07) is -1.50. The van der Waals surface area contributed by atoms with Crippen molar-refractivity contribution in [3.8, 4) is 0 Å². The van der Waals surface area contributed by atoms with E-state index in [2.05, 4.69) is 16.0 Å². The van der Waals surface area contributed by atoms with E-state index in [-0.39, 0.29) is 31.7 Å². The monoisotopic (exact) mass is 481 g/mol. The van der Waals surface area contributed by atoms with E-state index in [0.29, 0.717) is 12.0 Å². The van der Waals surface area contributed by atoms with Crippen molar-refractivity contribution in [1.82, 2.24) is 16.0 Å². The van der Waals surface area contributed by atoms with Gasteiger partial charge in [0.05, 0.1) is 13.0 Å². The summed E-state index contributed by atoms with van der Waals surface area (Å²) < 4.78 is 10.5. The highest BCUT2D eigenvalue weighted by Crippen LogP contribution is 2.18. The predicted octanol–water partition coefficient (Wildman–Crippen LogP) is 1.67. The maximum atomic E-state index is 12.7. The van der Waals surface area contributed by atoms with Crippen molar-refractivity contribution in [3.63, 3.8) is 0 Å². The number of rotatable bonds is 11. The fraction of sp³-hybridized carbons (Fsp3) is 0.708. The number of nitrogens with one attached hydrogen (secondary N) is 3. The van der Waals surface area contributed by atoms with Crippen molar-refractivity contribution in [2.75, 3.05) is 6.54 Å². The number of hydrogen-bond donors (Lipinski definition) is 3. The van der Waals surface area contributed by atoms with Gasteiger partial charge in [0.2, 0.25) is 17.7 Å². The minimum atomic E-state index is -1.01. The van der Waals surface area contributed by atoms with Gasteiger partial charge in [-0.05, 0) is 67.7 Å². The Hall–Kier alpha value is -2.91. The van der Waals surface area contributed by atoms with E-state index in [9.17, 15) is 24.0 Å². The Labute approximate surface area is 201 Å². The Kier molecular flexibility index (Phi) is 10.7. The number of carbonyl (C=O) groups excluding carboxylic acids is 5. The zero-order valence-electron chi connectivity index (χ0n) is 21.3. The second-order valence-corrected chi connectivity index (χ2v) is 10.4. The van der Waals surface area contributed by atoms with Crippen LogP contribution in [0.25, 0.3) is 0 Å². The molecule has 0 bridgehead atoms. The smallest absolute Gasteiger partial charge is 0.308 e. The second kappa shape index (κ2) is 12.5. The standard InChI is InChI=1S/C24H39N3O7/c1-15(13-20(30)34-24(5,6)7)26-18(28)14-25-22(32)17(27-21(31)16-9-8-10-16)11-12-19(29)33-23(2,3)4/h9,15,17H,8,10-14H2,1-7H3,(H,25,32)(H,26,28)(H,27,31). The van der Waals surface area contributed by atoms with Crippen LogP contribution in [0.15, 0.2) is 11.6 Å². The topological polar surface area (TPSA) is 140 Å². The van der Waals surface area contributed by atoms with Crippen LogP contribution in [0.1, 0.15) is 80.6 Å². The van der Waals surface area contributed by atoms with E-state index in [1.54, 1.807) is 54.5 Å². The number of carbonyl (C=O) groups is 5. The van der Waals surface area contributed by atoms with E-state index in [0.717, 1.165) is 6.42 Å². The SMILES string of the molecule is CC(CC(=O)OC(C)(C)C)NC(=O)CNC(=O)C(CCC(=O)OC(C)(C)C)NC(=O)C1=CCC1. The van der Waals surface area contributed by atoms with Gasteiger partial charge in [-0.2, -0.15) is 0 Å². The molecule has 0 aromatic carbocycles. The summed E-state index contributed by atoms with van der Waals surface area (Å²) in [7, 11) is 0. The number of esters is 2. The van der Waals surface area contributed by atoms with Crippen molar-refractivity contribution in [3.05, 3.63) is 11.6 Å². The normalized spacial score (nSPS) is 15.1. The van der Waals surface area contributed by atoms with Crippen LogP contribution in [0.3, 0.4) is 0 Å². The first-order valence-corrected chi connectivity index (χ1v) is 11.6. The summed E-state index contributed by atoms with van der Waals surface area (Å²) >= 11 is 0. The Balaban J connectivity index is 2.59. The van der Waals surface area contributed by atoms with E-state index >= 15 is 0 Å². The van der Waals surface area contributed by atoms with Crippen LogP contribution >= 0.6 is 0 Å². The summed E-state index contributed by atoms with van der Waals surface area (Å²) in [6.45, 7) is 11.8. The average molecular weight is 482 g/mol. The largest absolute Gasteiger partial charge is 0.460 e. The number of amides is 3. The maximum Gasteiger partial charge on any atom is 0.308 e. The fourth-order valence-electron chi connectivity index (χ4n) is 2.97. The van der Waals surface area contributed by atoms with Gasteiger partial charge in [0.15, 0.2) is 0 Å². The number of ether oxygens (including phenoxy) is 2. The van der Waals surface area contributed by atoms with Gasteiger partial charge in [0, 0.05) is 18.0 Å². The molecule has 0 saturated heterocycles. The Morgan fingerprint density at radius 2 is 1.50 bits per heavy atom. The molecule has 1 aliphatic rings. The molecule has 10 nitrogen and oxygen atoms in total. The lowest BCUT2D eigenvalue weighted by molar-refractivity contribution is -0.156. The van der Waals surface area contributed by atoms with Crippen molar-refractivity contribution in [2.45, 2.75) is 104 Å². The summed E-state index contributed by atoms with van der Waals surface area (Å²) in [6.07, 6.45) is 3.14.